The molecule has 4 rings (SSSR count). The molecule has 0 bridgehead atoms. The normalized spacial score (nSPS) is 16.2. The molecule has 2 heterocycles. The van der Waals surface area contributed by atoms with Crippen molar-refractivity contribution >= 4 is 0 Å². The van der Waals surface area contributed by atoms with Crippen molar-refractivity contribution in [2.45, 2.75) is 25.3 Å². The third-order valence-electron chi connectivity index (χ3n) is 4.88. The van der Waals surface area contributed by atoms with Crippen molar-refractivity contribution in [3.05, 3.63) is 77.9 Å². The fraction of sp³-hybridized carbons (Fsp3) is 0.300. The Balaban J connectivity index is 1.34. The van der Waals surface area contributed by atoms with E-state index in [9.17, 15) is 4.39 Å². The van der Waals surface area contributed by atoms with E-state index in [-0.39, 0.29) is 5.82 Å². The van der Waals surface area contributed by atoms with Crippen LogP contribution >= 0.6 is 0 Å². The van der Waals surface area contributed by atoms with Crippen LogP contribution in [0, 0.1) is 5.82 Å². The number of likely N-dealkylation sites (tertiary alicyclic amines) is 1. The van der Waals surface area contributed by atoms with Crippen molar-refractivity contribution in [1.82, 2.24) is 19.9 Å². The zero-order valence-electron chi connectivity index (χ0n) is 14.1. The van der Waals surface area contributed by atoms with Gasteiger partial charge in [0.25, 0.3) is 0 Å². The molecule has 1 aliphatic heterocycles. The third-order valence-corrected chi connectivity index (χ3v) is 4.88. The van der Waals surface area contributed by atoms with Gasteiger partial charge in [-0.05, 0) is 61.7 Å². The minimum Gasteiger partial charge on any atom is -0.297 e. The molecule has 0 atom stereocenters. The van der Waals surface area contributed by atoms with Crippen LogP contribution in [-0.2, 0) is 6.54 Å². The zero-order valence-corrected chi connectivity index (χ0v) is 14.1. The van der Waals surface area contributed by atoms with Crippen LogP contribution < -0.4 is 0 Å². The van der Waals surface area contributed by atoms with Gasteiger partial charge in [-0.1, -0.05) is 35.5 Å². The Bertz CT molecular complexity index is 805. The second-order valence-corrected chi connectivity index (χ2v) is 6.59. The smallest absolute Gasteiger partial charge is 0.123 e. The minimum atomic E-state index is -0.164. The van der Waals surface area contributed by atoms with E-state index >= 15 is 0 Å². The van der Waals surface area contributed by atoms with Crippen LogP contribution in [0.4, 0.5) is 4.39 Å². The van der Waals surface area contributed by atoms with Crippen molar-refractivity contribution in [3.8, 4) is 5.69 Å². The molecule has 4 nitrogen and oxygen atoms in total. The summed E-state index contributed by atoms with van der Waals surface area (Å²) < 4.78 is 14.9. The summed E-state index contributed by atoms with van der Waals surface area (Å²) >= 11 is 0. The molecular formula is C20H21FN4. The van der Waals surface area contributed by atoms with Crippen LogP contribution in [0.2, 0.25) is 0 Å². The lowest BCUT2D eigenvalue weighted by molar-refractivity contribution is 0.202. The van der Waals surface area contributed by atoms with Gasteiger partial charge in [-0.3, -0.25) is 4.90 Å². The average Bonchev–Trinajstić information content (AvgIpc) is 3.12. The average molecular weight is 336 g/mol. The van der Waals surface area contributed by atoms with Gasteiger partial charge in [0.2, 0.25) is 0 Å². The maximum Gasteiger partial charge on any atom is 0.123 e. The quantitative estimate of drug-likeness (QED) is 0.727. The van der Waals surface area contributed by atoms with Crippen molar-refractivity contribution in [1.29, 1.82) is 0 Å². The number of para-hydroxylation sites is 1. The van der Waals surface area contributed by atoms with E-state index in [1.54, 1.807) is 12.1 Å². The fourth-order valence-corrected chi connectivity index (χ4v) is 3.47. The molecule has 1 saturated heterocycles. The summed E-state index contributed by atoms with van der Waals surface area (Å²) in [6.45, 7) is 2.88. The van der Waals surface area contributed by atoms with Gasteiger partial charge in [0.15, 0.2) is 0 Å². The molecule has 0 saturated carbocycles. The SMILES string of the molecule is Fc1ccc(C2CCN(Cc3cn(-c4ccccc4)nn3)CC2)cc1. The lowest BCUT2D eigenvalue weighted by Gasteiger charge is -2.31. The van der Waals surface area contributed by atoms with Crippen molar-refractivity contribution in [3.63, 3.8) is 0 Å². The Kier molecular flexibility index (Phi) is 4.57. The molecule has 1 aromatic heterocycles. The molecular weight excluding hydrogens is 315 g/mol. The number of hydrogen-bond acceptors (Lipinski definition) is 3. The Morgan fingerprint density at radius 2 is 1.68 bits per heavy atom. The number of piperidine rings is 1. The third kappa shape index (κ3) is 3.77. The van der Waals surface area contributed by atoms with Gasteiger partial charge in [-0.25, -0.2) is 9.07 Å². The predicted molar refractivity (Wildman–Crippen MR) is 95.0 cm³/mol. The first-order valence-corrected chi connectivity index (χ1v) is 8.72. The van der Waals surface area contributed by atoms with Gasteiger partial charge in [0.1, 0.15) is 5.82 Å². The zero-order chi connectivity index (χ0) is 17.1. The highest BCUT2D eigenvalue weighted by molar-refractivity contribution is 5.30. The molecule has 0 unspecified atom stereocenters. The van der Waals surface area contributed by atoms with Crippen molar-refractivity contribution < 1.29 is 4.39 Å². The van der Waals surface area contributed by atoms with E-state index in [1.807, 2.05) is 53.3 Å². The van der Waals surface area contributed by atoms with Crippen LogP contribution in [0.1, 0.15) is 30.0 Å². The van der Waals surface area contributed by atoms with Crippen molar-refractivity contribution in [2.75, 3.05) is 13.1 Å². The maximum atomic E-state index is 13.1. The number of hydrogen-bond donors (Lipinski definition) is 0. The molecule has 3 aromatic rings. The lowest BCUT2D eigenvalue weighted by atomic mass is 9.89. The predicted octanol–water partition coefficient (Wildman–Crippen LogP) is 3.79. The summed E-state index contributed by atoms with van der Waals surface area (Å²) in [6, 6.07) is 17.0. The molecule has 0 radical (unpaired) electrons. The second kappa shape index (κ2) is 7.15. The summed E-state index contributed by atoms with van der Waals surface area (Å²) in [6.07, 6.45) is 4.19. The highest BCUT2D eigenvalue weighted by Gasteiger charge is 2.21. The van der Waals surface area contributed by atoms with Gasteiger partial charge >= 0.3 is 0 Å². The minimum absolute atomic E-state index is 0.164. The highest BCUT2D eigenvalue weighted by Crippen LogP contribution is 2.28. The number of halogens is 1. The van der Waals surface area contributed by atoms with Gasteiger partial charge < -0.3 is 0 Å². The van der Waals surface area contributed by atoms with Gasteiger partial charge in [0, 0.05) is 6.54 Å². The Hall–Kier alpha value is -2.53. The van der Waals surface area contributed by atoms with E-state index in [2.05, 4.69) is 15.2 Å². The summed E-state index contributed by atoms with van der Waals surface area (Å²) in [5.74, 6) is 0.361. The van der Waals surface area contributed by atoms with E-state index in [4.69, 9.17) is 0 Å². The topological polar surface area (TPSA) is 34.0 Å². The van der Waals surface area contributed by atoms with E-state index in [1.165, 1.54) is 5.56 Å². The summed E-state index contributed by atoms with van der Waals surface area (Å²) in [4.78, 5) is 2.42. The van der Waals surface area contributed by atoms with Gasteiger partial charge in [-0.2, -0.15) is 0 Å². The fourth-order valence-electron chi connectivity index (χ4n) is 3.47. The molecule has 0 N–H and O–H groups in total. The largest absolute Gasteiger partial charge is 0.297 e. The monoisotopic (exact) mass is 336 g/mol. The number of rotatable bonds is 4. The van der Waals surface area contributed by atoms with Crippen molar-refractivity contribution in [2.24, 2.45) is 0 Å². The summed E-state index contributed by atoms with van der Waals surface area (Å²) in [5, 5.41) is 8.53. The Labute approximate surface area is 146 Å². The van der Waals surface area contributed by atoms with Gasteiger partial charge in [0.05, 0.1) is 17.6 Å². The highest BCUT2D eigenvalue weighted by atomic mass is 19.1. The molecule has 25 heavy (non-hydrogen) atoms. The molecule has 1 fully saturated rings. The second-order valence-electron chi connectivity index (χ2n) is 6.59. The van der Waals surface area contributed by atoms with E-state index < -0.39 is 0 Å². The van der Waals surface area contributed by atoms with E-state index in [0.29, 0.717) is 5.92 Å². The summed E-state index contributed by atoms with van der Waals surface area (Å²) in [7, 11) is 0. The van der Waals surface area contributed by atoms with Crippen LogP contribution in [0.3, 0.4) is 0 Å². The summed E-state index contributed by atoms with van der Waals surface area (Å²) in [5.41, 5.74) is 3.26. The number of benzene rings is 2. The number of aromatic nitrogens is 3. The molecule has 5 heteroatoms. The Morgan fingerprint density at radius 1 is 0.960 bits per heavy atom. The molecule has 2 aromatic carbocycles. The molecule has 128 valence electrons. The Morgan fingerprint density at radius 3 is 2.40 bits per heavy atom. The number of nitrogens with zero attached hydrogens (tertiary/aromatic N) is 4. The van der Waals surface area contributed by atoms with Crippen LogP contribution in [0.5, 0.6) is 0 Å². The lowest BCUT2D eigenvalue weighted by Crippen LogP contribution is -2.32. The molecule has 0 aliphatic carbocycles. The standard InChI is InChI=1S/C20H21FN4/c21-18-8-6-16(7-9-18)17-10-12-24(13-11-17)14-19-15-25(23-22-19)20-4-2-1-3-5-20/h1-9,15,17H,10-14H2. The maximum absolute atomic E-state index is 13.1. The van der Waals surface area contributed by atoms with E-state index in [0.717, 1.165) is 43.9 Å². The molecule has 1 aliphatic rings. The van der Waals surface area contributed by atoms with Crippen LogP contribution in [0.25, 0.3) is 5.69 Å². The first kappa shape index (κ1) is 16.0. The first-order chi connectivity index (χ1) is 12.3. The first-order valence-electron chi connectivity index (χ1n) is 8.72. The van der Waals surface area contributed by atoms with Crippen LogP contribution in [-0.4, -0.2) is 33.0 Å². The van der Waals surface area contributed by atoms with Crippen LogP contribution in [0.15, 0.2) is 60.8 Å². The van der Waals surface area contributed by atoms with Gasteiger partial charge in [-0.15, -0.1) is 5.10 Å². The molecule has 0 spiro atoms. The molecule has 0 amide bonds.